The zero-order valence-corrected chi connectivity index (χ0v) is 10.9. The smallest absolute Gasteiger partial charge is 0.122 e. The fourth-order valence-corrected chi connectivity index (χ4v) is 2.97. The van der Waals surface area contributed by atoms with Crippen molar-refractivity contribution in [3.63, 3.8) is 0 Å². The summed E-state index contributed by atoms with van der Waals surface area (Å²) in [6.07, 6.45) is 6.52. The molecule has 0 spiro atoms. The average molecular weight is 236 g/mol. The van der Waals surface area contributed by atoms with E-state index in [1.807, 2.05) is 6.07 Å². The Balaban J connectivity index is 2.21. The molecule has 0 saturated carbocycles. The first-order valence-electron chi connectivity index (χ1n) is 6.82. The van der Waals surface area contributed by atoms with Crippen molar-refractivity contribution < 1.29 is 4.42 Å². The van der Waals surface area contributed by atoms with Gasteiger partial charge in [-0.3, -0.25) is 4.90 Å². The third-order valence-corrected chi connectivity index (χ3v) is 3.96. The maximum atomic E-state index is 6.30. The van der Waals surface area contributed by atoms with Crippen LogP contribution in [0.5, 0.6) is 0 Å². The van der Waals surface area contributed by atoms with Crippen molar-refractivity contribution in [3.05, 3.63) is 24.2 Å². The summed E-state index contributed by atoms with van der Waals surface area (Å²) in [5, 5.41) is 0. The second kappa shape index (κ2) is 5.69. The highest BCUT2D eigenvalue weighted by Gasteiger charge is 2.34. The van der Waals surface area contributed by atoms with Gasteiger partial charge in [-0.25, -0.2) is 0 Å². The van der Waals surface area contributed by atoms with Gasteiger partial charge in [0, 0.05) is 12.1 Å². The second-order valence-electron chi connectivity index (χ2n) is 4.97. The largest absolute Gasteiger partial charge is 0.468 e. The van der Waals surface area contributed by atoms with Crippen LogP contribution in [0.15, 0.2) is 22.8 Å². The van der Waals surface area contributed by atoms with Gasteiger partial charge < -0.3 is 10.2 Å². The fourth-order valence-electron chi connectivity index (χ4n) is 2.97. The van der Waals surface area contributed by atoms with Crippen LogP contribution in [0.25, 0.3) is 0 Å². The van der Waals surface area contributed by atoms with Crippen molar-refractivity contribution in [2.75, 3.05) is 6.54 Å². The van der Waals surface area contributed by atoms with Crippen molar-refractivity contribution >= 4 is 0 Å². The Kier molecular flexibility index (Phi) is 4.24. The standard InChI is InChI=1S/C14H24N2O/c1-3-11-7-5-9-16(11)14(12(15)4-2)13-8-6-10-17-13/h6,8,10-12,14H,3-5,7,9,15H2,1-2H3. The van der Waals surface area contributed by atoms with Crippen LogP contribution in [0.4, 0.5) is 0 Å². The fraction of sp³-hybridized carbons (Fsp3) is 0.714. The maximum absolute atomic E-state index is 6.30. The molecule has 0 bridgehead atoms. The van der Waals surface area contributed by atoms with Crippen LogP contribution >= 0.6 is 0 Å². The minimum Gasteiger partial charge on any atom is -0.468 e. The summed E-state index contributed by atoms with van der Waals surface area (Å²) in [5.74, 6) is 1.03. The van der Waals surface area contributed by atoms with Crippen LogP contribution in [0.2, 0.25) is 0 Å². The summed E-state index contributed by atoms with van der Waals surface area (Å²) in [6.45, 7) is 5.56. The van der Waals surface area contributed by atoms with Crippen molar-refractivity contribution in [2.45, 2.75) is 57.7 Å². The molecule has 2 rings (SSSR count). The molecule has 1 aromatic heterocycles. The van der Waals surface area contributed by atoms with Gasteiger partial charge in [0.05, 0.1) is 12.3 Å². The number of hydrogen-bond donors (Lipinski definition) is 1. The lowest BCUT2D eigenvalue weighted by atomic mass is 10.0. The Hall–Kier alpha value is -0.800. The van der Waals surface area contributed by atoms with Gasteiger partial charge in [0.2, 0.25) is 0 Å². The van der Waals surface area contributed by atoms with E-state index in [-0.39, 0.29) is 12.1 Å². The van der Waals surface area contributed by atoms with E-state index in [0.717, 1.165) is 18.7 Å². The van der Waals surface area contributed by atoms with Gasteiger partial charge in [-0.2, -0.15) is 0 Å². The molecule has 2 heterocycles. The molecule has 96 valence electrons. The third-order valence-electron chi connectivity index (χ3n) is 3.96. The molecule has 3 unspecified atom stereocenters. The lowest BCUT2D eigenvalue weighted by molar-refractivity contribution is 0.131. The highest BCUT2D eigenvalue weighted by atomic mass is 16.3. The zero-order valence-electron chi connectivity index (χ0n) is 10.9. The molecule has 1 saturated heterocycles. The van der Waals surface area contributed by atoms with E-state index in [1.165, 1.54) is 19.3 Å². The molecule has 2 N–H and O–H groups in total. The van der Waals surface area contributed by atoms with E-state index in [2.05, 4.69) is 24.8 Å². The van der Waals surface area contributed by atoms with Crippen molar-refractivity contribution in [2.24, 2.45) is 5.73 Å². The minimum atomic E-state index is 0.160. The summed E-state index contributed by atoms with van der Waals surface area (Å²) in [4.78, 5) is 2.55. The van der Waals surface area contributed by atoms with Gasteiger partial charge in [0.15, 0.2) is 0 Å². The number of furan rings is 1. The Labute approximate surface area is 104 Å². The van der Waals surface area contributed by atoms with E-state index in [4.69, 9.17) is 10.2 Å². The van der Waals surface area contributed by atoms with E-state index >= 15 is 0 Å². The molecule has 1 aliphatic rings. The first-order valence-corrected chi connectivity index (χ1v) is 6.82. The molecule has 1 aliphatic heterocycles. The summed E-state index contributed by atoms with van der Waals surface area (Å²) >= 11 is 0. The Morgan fingerprint density at radius 1 is 1.53 bits per heavy atom. The van der Waals surface area contributed by atoms with Crippen LogP contribution in [0.1, 0.15) is 51.3 Å². The van der Waals surface area contributed by atoms with Gasteiger partial charge >= 0.3 is 0 Å². The summed E-state index contributed by atoms with van der Waals surface area (Å²) < 4.78 is 5.60. The molecule has 17 heavy (non-hydrogen) atoms. The highest BCUT2D eigenvalue weighted by Crippen LogP contribution is 2.33. The molecule has 3 nitrogen and oxygen atoms in total. The van der Waals surface area contributed by atoms with Crippen LogP contribution in [0.3, 0.4) is 0 Å². The predicted molar refractivity (Wildman–Crippen MR) is 69.7 cm³/mol. The monoisotopic (exact) mass is 236 g/mol. The van der Waals surface area contributed by atoms with Crippen LogP contribution in [-0.2, 0) is 0 Å². The number of nitrogens with zero attached hydrogens (tertiary/aromatic N) is 1. The molecule has 3 atom stereocenters. The lowest BCUT2D eigenvalue weighted by Gasteiger charge is -2.34. The molecule has 1 aromatic rings. The maximum Gasteiger partial charge on any atom is 0.122 e. The number of nitrogens with two attached hydrogens (primary N) is 1. The summed E-state index contributed by atoms with van der Waals surface area (Å²) in [5.41, 5.74) is 6.30. The Morgan fingerprint density at radius 2 is 2.35 bits per heavy atom. The number of rotatable bonds is 5. The van der Waals surface area contributed by atoms with Gasteiger partial charge in [0.1, 0.15) is 5.76 Å². The quantitative estimate of drug-likeness (QED) is 0.854. The first-order chi connectivity index (χ1) is 8.27. The van der Waals surface area contributed by atoms with E-state index < -0.39 is 0 Å². The average Bonchev–Trinajstić information content (AvgIpc) is 3.00. The normalized spacial score (nSPS) is 25.0. The summed E-state index contributed by atoms with van der Waals surface area (Å²) in [6, 6.07) is 5.10. The molecular formula is C14H24N2O. The van der Waals surface area contributed by atoms with Crippen molar-refractivity contribution in [1.29, 1.82) is 0 Å². The molecule has 0 amide bonds. The molecule has 0 aliphatic carbocycles. The predicted octanol–water partition coefficient (Wildman–Crippen LogP) is 2.93. The summed E-state index contributed by atoms with van der Waals surface area (Å²) in [7, 11) is 0. The van der Waals surface area contributed by atoms with Crippen LogP contribution in [0, 0.1) is 0 Å². The van der Waals surface area contributed by atoms with E-state index in [9.17, 15) is 0 Å². The Morgan fingerprint density at radius 3 is 2.94 bits per heavy atom. The van der Waals surface area contributed by atoms with E-state index in [1.54, 1.807) is 6.26 Å². The number of hydrogen-bond acceptors (Lipinski definition) is 3. The van der Waals surface area contributed by atoms with Crippen LogP contribution < -0.4 is 5.73 Å². The third kappa shape index (κ3) is 2.55. The van der Waals surface area contributed by atoms with Crippen LogP contribution in [-0.4, -0.2) is 23.5 Å². The number of likely N-dealkylation sites (tertiary alicyclic amines) is 1. The highest BCUT2D eigenvalue weighted by molar-refractivity contribution is 5.09. The lowest BCUT2D eigenvalue weighted by Crippen LogP contribution is -2.42. The van der Waals surface area contributed by atoms with Gasteiger partial charge in [-0.1, -0.05) is 13.8 Å². The molecule has 3 heteroatoms. The van der Waals surface area contributed by atoms with Crippen molar-refractivity contribution in [3.8, 4) is 0 Å². The molecular weight excluding hydrogens is 212 g/mol. The first kappa shape index (κ1) is 12.7. The zero-order chi connectivity index (χ0) is 12.3. The van der Waals surface area contributed by atoms with Crippen molar-refractivity contribution in [1.82, 2.24) is 4.90 Å². The topological polar surface area (TPSA) is 42.4 Å². The molecule has 0 aromatic carbocycles. The Bertz CT molecular complexity index is 323. The van der Waals surface area contributed by atoms with Gasteiger partial charge in [-0.15, -0.1) is 0 Å². The molecule has 0 radical (unpaired) electrons. The van der Waals surface area contributed by atoms with Gasteiger partial charge in [-0.05, 0) is 44.4 Å². The molecule has 1 fully saturated rings. The van der Waals surface area contributed by atoms with E-state index in [0.29, 0.717) is 6.04 Å². The SMILES string of the molecule is CCC(N)C(c1ccco1)N1CCCC1CC. The van der Waals surface area contributed by atoms with Gasteiger partial charge in [0.25, 0.3) is 0 Å². The minimum absolute atomic E-state index is 0.160. The second-order valence-corrected chi connectivity index (χ2v) is 4.97.